The van der Waals surface area contributed by atoms with Crippen LogP contribution in [0.2, 0.25) is 0 Å². The molecule has 4 saturated carbocycles. The number of aliphatic hydroxyl groups excluding tert-OH is 3. The van der Waals surface area contributed by atoms with Gasteiger partial charge >= 0.3 is 5.97 Å². The van der Waals surface area contributed by atoms with Gasteiger partial charge in [-0.2, -0.15) is 0 Å². The molecule has 0 radical (unpaired) electrons. The van der Waals surface area contributed by atoms with Crippen molar-refractivity contribution >= 4 is 5.97 Å². The molecule has 0 aromatic heterocycles. The fraction of sp³-hybridized carbons (Fsp3) is 0.966. The van der Waals surface area contributed by atoms with Crippen LogP contribution in [0.4, 0.5) is 0 Å². The minimum atomic E-state index is -1.36. The fourth-order valence-electron chi connectivity index (χ4n) is 9.43. The zero-order valence-corrected chi connectivity index (χ0v) is 23.0. The van der Waals surface area contributed by atoms with Gasteiger partial charge in [0.2, 0.25) is 0 Å². The summed E-state index contributed by atoms with van der Waals surface area (Å²) in [6, 6.07) is 0. The molecule has 0 aromatic carbocycles. The Morgan fingerprint density at radius 2 is 1.81 bits per heavy atom. The number of ether oxygens (including phenoxy) is 2. The lowest BCUT2D eigenvalue weighted by atomic mass is 9.43. The maximum atomic E-state index is 11.8. The second-order valence-electron chi connectivity index (χ2n) is 13.2. The first kappa shape index (κ1) is 28.3. The largest absolute Gasteiger partial charge is 0.469 e. The van der Waals surface area contributed by atoms with E-state index in [1.54, 1.807) is 0 Å². The fourth-order valence-corrected chi connectivity index (χ4v) is 9.43. The number of methoxy groups -OCH3 is 1. The average molecular weight is 511 g/mol. The van der Waals surface area contributed by atoms with Crippen molar-refractivity contribution in [1.29, 1.82) is 0 Å². The van der Waals surface area contributed by atoms with Gasteiger partial charge in [0.15, 0.2) is 12.1 Å². The summed E-state index contributed by atoms with van der Waals surface area (Å²) in [6.07, 6.45) is 5.46. The third kappa shape index (κ3) is 4.76. The summed E-state index contributed by atoms with van der Waals surface area (Å²) in [5, 5.41) is 44.7. The van der Waals surface area contributed by atoms with E-state index >= 15 is 0 Å². The Bertz CT molecular complexity index is 790. The molecule has 7 heteroatoms. The van der Waals surface area contributed by atoms with Gasteiger partial charge < -0.3 is 29.9 Å². The van der Waals surface area contributed by atoms with Crippen molar-refractivity contribution in [3.05, 3.63) is 0 Å². The van der Waals surface area contributed by atoms with Crippen LogP contribution in [-0.4, -0.2) is 57.8 Å². The molecule has 0 amide bonds. The molecule has 7 nitrogen and oxygen atoms in total. The monoisotopic (exact) mass is 510 g/mol. The molecule has 0 aromatic rings. The second-order valence-corrected chi connectivity index (χ2v) is 13.2. The first-order chi connectivity index (χ1) is 16.9. The molecular formula is C29H50O7. The van der Waals surface area contributed by atoms with Gasteiger partial charge in [0.25, 0.3) is 0 Å². The van der Waals surface area contributed by atoms with Crippen molar-refractivity contribution in [2.75, 3.05) is 7.11 Å². The lowest BCUT2D eigenvalue weighted by molar-refractivity contribution is -0.317. The van der Waals surface area contributed by atoms with Crippen molar-refractivity contribution in [2.45, 2.75) is 123 Å². The molecule has 0 aliphatic heterocycles. The van der Waals surface area contributed by atoms with Crippen LogP contribution >= 0.6 is 0 Å². The highest BCUT2D eigenvalue weighted by Gasteiger charge is 2.66. The summed E-state index contributed by atoms with van der Waals surface area (Å²) in [6.45, 7) is 8.70. The highest BCUT2D eigenvalue weighted by molar-refractivity contribution is 5.69. The van der Waals surface area contributed by atoms with Crippen LogP contribution < -0.4 is 0 Å². The second kappa shape index (κ2) is 10.4. The van der Waals surface area contributed by atoms with E-state index in [-0.39, 0.29) is 40.5 Å². The molecule has 36 heavy (non-hydrogen) atoms. The van der Waals surface area contributed by atoms with Gasteiger partial charge in [-0.3, -0.25) is 4.79 Å². The van der Waals surface area contributed by atoms with Gasteiger partial charge in [-0.05, 0) is 91.3 Å². The molecule has 4 aliphatic rings. The van der Waals surface area contributed by atoms with Crippen LogP contribution in [0.15, 0.2) is 0 Å². The lowest BCUT2D eigenvalue weighted by Gasteiger charge is -2.64. The van der Waals surface area contributed by atoms with Crippen molar-refractivity contribution < 1.29 is 34.7 Å². The number of rotatable bonds is 8. The predicted octanol–water partition coefficient (Wildman–Crippen LogP) is 4.00. The first-order valence-electron chi connectivity index (χ1n) is 14.4. The van der Waals surface area contributed by atoms with E-state index in [4.69, 9.17) is 9.47 Å². The normalized spacial score (nSPS) is 47.9. The third-order valence-electron chi connectivity index (χ3n) is 11.5. The number of esters is 1. The molecule has 4 aliphatic carbocycles. The summed E-state index contributed by atoms with van der Waals surface area (Å²) in [4.78, 5) is 11.8. The number of carbonyl (C=O) groups excluding carboxylic acids is 1. The predicted molar refractivity (Wildman–Crippen MR) is 135 cm³/mol. The van der Waals surface area contributed by atoms with E-state index in [0.29, 0.717) is 50.4 Å². The molecule has 4 fully saturated rings. The smallest absolute Gasteiger partial charge is 0.305 e. The zero-order chi connectivity index (χ0) is 26.5. The van der Waals surface area contributed by atoms with Crippen molar-refractivity contribution in [1.82, 2.24) is 0 Å². The summed E-state index contributed by atoms with van der Waals surface area (Å²) in [7, 11) is 1.43. The Morgan fingerprint density at radius 1 is 1.08 bits per heavy atom. The Kier molecular flexibility index (Phi) is 8.20. The molecule has 4 N–H and O–H groups in total. The molecular weight excluding hydrogens is 460 g/mol. The molecule has 0 spiro atoms. The summed E-state index contributed by atoms with van der Waals surface area (Å²) >= 11 is 0. The number of carbonyl (C=O) groups is 1. The van der Waals surface area contributed by atoms with E-state index < -0.39 is 24.3 Å². The van der Waals surface area contributed by atoms with E-state index in [1.165, 1.54) is 7.11 Å². The molecule has 0 heterocycles. The maximum absolute atomic E-state index is 11.8. The standard InChI is InChI=1S/C29H50O7/c1-6-7-25(33)36-29(34)13-12-27(3)18(16-29)14-22(30)26-20-10-9-19(17(2)8-11-24(32)35-5)28(20,4)23(31)15-21(26)27/h17-23,25-26,30-31,33-34H,6-16H2,1-5H3/t17-,18-,19-,20+,21+,22-,23+,25?,26+,27+,28-,29+/m1/s1. The highest BCUT2D eigenvalue weighted by Crippen LogP contribution is 2.69. The van der Waals surface area contributed by atoms with Gasteiger partial charge in [0, 0.05) is 19.3 Å². The Morgan fingerprint density at radius 3 is 2.47 bits per heavy atom. The Labute approximate surface area is 216 Å². The van der Waals surface area contributed by atoms with Gasteiger partial charge in [0.1, 0.15) is 0 Å². The van der Waals surface area contributed by atoms with Crippen molar-refractivity contribution in [2.24, 2.45) is 46.3 Å². The summed E-state index contributed by atoms with van der Waals surface area (Å²) < 4.78 is 10.6. The Hall–Kier alpha value is -0.730. The summed E-state index contributed by atoms with van der Waals surface area (Å²) in [5.74, 6) is -0.293. The average Bonchev–Trinajstić information content (AvgIpc) is 3.17. The van der Waals surface area contributed by atoms with Gasteiger partial charge in [-0.15, -0.1) is 0 Å². The first-order valence-corrected chi connectivity index (χ1v) is 14.4. The molecule has 1 unspecified atom stereocenters. The topological polar surface area (TPSA) is 116 Å². The van der Waals surface area contributed by atoms with Gasteiger partial charge in [-0.1, -0.05) is 34.1 Å². The SMILES string of the molecule is CCCC(O)O[C@@]1(O)CC[C@@]2(C)[C@H](C[C@@H](O)[C@@H]3[C@@H]2C[C@H](O)[C@]2(C)[C@@H]([C@H](C)CCC(=O)OC)CC[C@@H]32)C1. The van der Waals surface area contributed by atoms with Crippen molar-refractivity contribution in [3.8, 4) is 0 Å². The van der Waals surface area contributed by atoms with Crippen LogP contribution in [-0.2, 0) is 14.3 Å². The maximum Gasteiger partial charge on any atom is 0.305 e. The van der Waals surface area contributed by atoms with Crippen molar-refractivity contribution in [3.63, 3.8) is 0 Å². The lowest BCUT2D eigenvalue weighted by Crippen LogP contribution is -2.63. The van der Waals surface area contributed by atoms with E-state index in [2.05, 4.69) is 20.8 Å². The number of hydrogen-bond acceptors (Lipinski definition) is 7. The molecule has 0 saturated heterocycles. The zero-order valence-electron chi connectivity index (χ0n) is 23.0. The minimum absolute atomic E-state index is 0.0778. The number of aliphatic hydroxyl groups is 4. The molecule has 208 valence electrons. The number of fused-ring (bicyclic) bond motifs is 5. The highest BCUT2D eigenvalue weighted by atomic mass is 16.7. The summed E-state index contributed by atoms with van der Waals surface area (Å²) in [5.41, 5.74) is -0.365. The molecule has 4 rings (SSSR count). The van der Waals surface area contributed by atoms with E-state index in [0.717, 1.165) is 32.1 Å². The molecule has 12 atom stereocenters. The van der Waals surface area contributed by atoms with Crippen LogP contribution in [0, 0.1) is 46.3 Å². The van der Waals surface area contributed by atoms with Crippen LogP contribution in [0.25, 0.3) is 0 Å². The quantitative estimate of drug-likeness (QED) is 0.288. The third-order valence-corrected chi connectivity index (χ3v) is 11.5. The van der Waals surface area contributed by atoms with Crippen LogP contribution in [0.3, 0.4) is 0 Å². The van der Waals surface area contributed by atoms with Crippen LogP contribution in [0.1, 0.15) is 98.3 Å². The number of hydrogen-bond donors (Lipinski definition) is 4. The molecule has 0 bridgehead atoms. The van der Waals surface area contributed by atoms with Gasteiger partial charge in [0.05, 0.1) is 19.3 Å². The van der Waals surface area contributed by atoms with E-state index in [9.17, 15) is 25.2 Å². The van der Waals surface area contributed by atoms with Crippen LogP contribution in [0.5, 0.6) is 0 Å². The van der Waals surface area contributed by atoms with E-state index in [1.807, 2.05) is 6.92 Å². The van der Waals surface area contributed by atoms with Gasteiger partial charge in [-0.25, -0.2) is 0 Å². The minimum Gasteiger partial charge on any atom is -0.469 e. The Balaban J connectivity index is 1.52.